The first-order valence-corrected chi connectivity index (χ1v) is 5.64. The molecule has 1 unspecified atom stereocenters. The Labute approximate surface area is 95.5 Å². The van der Waals surface area contributed by atoms with Crippen LogP contribution in [-0.4, -0.2) is 28.1 Å². The molecule has 0 saturated heterocycles. The molecule has 1 aliphatic rings. The van der Waals surface area contributed by atoms with Crippen molar-refractivity contribution in [2.75, 3.05) is 7.11 Å². The molecule has 1 aliphatic carbocycles. The van der Waals surface area contributed by atoms with Crippen LogP contribution in [0.1, 0.15) is 38.4 Å². The third-order valence-corrected chi connectivity index (χ3v) is 2.88. The van der Waals surface area contributed by atoms with Crippen LogP contribution in [0.2, 0.25) is 0 Å². The summed E-state index contributed by atoms with van der Waals surface area (Å²) >= 11 is 0. The highest BCUT2D eigenvalue weighted by atomic mass is 16.5. The fraction of sp³-hybridized carbons (Fsp3) is 0.583. The zero-order valence-corrected chi connectivity index (χ0v) is 9.97. The first-order chi connectivity index (χ1) is 7.63. The summed E-state index contributed by atoms with van der Waals surface area (Å²) in [6.07, 6.45) is 4.99. The number of ether oxygens (including phenoxy) is 1. The Hall–Kier alpha value is -1.29. The zero-order valence-electron chi connectivity index (χ0n) is 9.97. The van der Waals surface area contributed by atoms with E-state index < -0.39 is 0 Å². The van der Waals surface area contributed by atoms with Crippen molar-refractivity contribution in [3.63, 3.8) is 0 Å². The number of hydrogen-bond acceptors (Lipinski definition) is 3. The first-order valence-electron chi connectivity index (χ1n) is 5.64. The molecule has 1 heterocycles. The number of hydrogen-bond donors (Lipinski definition) is 1. The van der Waals surface area contributed by atoms with Crippen molar-refractivity contribution in [1.82, 2.24) is 9.78 Å². The number of methoxy groups -OCH3 is 1. The van der Waals surface area contributed by atoms with Crippen molar-refractivity contribution < 1.29 is 9.84 Å². The lowest BCUT2D eigenvalue weighted by atomic mass is 10.1. The fourth-order valence-electron chi connectivity index (χ4n) is 2.09. The first kappa shape index (κ1) is 11.2. The van der Waals surface area contributed by atoms with E-state index in [0.29, 0.717) is 0 Å². The summed E-state index contributed by atoms with van der Waals surface area (Å²) in [4.78, 5) is 0. The summed E-state index contributed by atoms with van der Waals surface area (Å²) in [7, 11) is 1.65. The van der Waals surface area contributed by atoms with Crippen molar-refractivity contribution in [3.8, 4) is 5.75 Å². The maximum absolute atomic E-state index is 9.54. The molecule has 1 aromatic heterocycles. The molecule has 2 rings (SSSR count). The number of aromatic nitrogens is 2. The van der Waals surface area contributed by atoms with Crippen LogP contribution in [0, 0.1) is 0 Å². The molecule has 88 valence electrons. The van der Waals surface area contributed by atoms with Gasteiger partial charge in [0, 0.05) is 6.04 Å². The standard InChI is InChI=1S/C12H18N2O2/c1-8(2)14-12(11(16-3)7-13-14)9-4-5-10(15)6-9/h6-8,10,15H,4-5H2,1-3H3. The van der Waals surface area contributed by atoms with Crippen LogP contribution in [0.4, 0.5) is 0 Å². The molecular weight excluding hydrogens is 204 g/mol. The Morgan fingerprint density at radius 2 is 2.31 bits per heavy atom. The van der Waals surface area contributed by atoms with Crippen molar-refractivity contribution in [2.24, 2.45) is 0 Å². The van der Waals surface area contributed by atoms with Gasteiger partial charge in [-0.15, -0.1) is 0 Å². The highest BCUT2D eigenvalue weighted by molar-refractivity contribution is 5.70. The number of allylic oxidation sites excluding steroid dienone is 1. The molecule has 4 nitrogen and oxygen atoms in total. The molecule has 0 saturated carbocycles. The summed E-state index contributed by atoms with van der Waals surface area (Å²) < 4.78 is 7.27. The summed E-state index contributed by atoms with van der Waals surface area (Å²) in [5, 5.41) is 13.9. The van der Waals surface area contributed by atoms with Gasteiger partial charge < -0.3 is 9.84 Å². The van der Waals surface area contributed by atoms with Gasteiger partial charge >= 0.3 is 0 Å². The van der Waals surface area contributed by atoms with Crippen LogP contribution in [0.5, 0.6) is 5.75 Å². The number of aliphatic hydroxyl groups is 1. The van der Waals surface area contributed by atoms with Gasteiger partial charge in [0.25, 0.3) is 0 Å². The normalized spacial score (nSPS) is 20.3. The zero-order chi connectivity index (χ0) is 11.7. The largest absolute Gasteiger partial charge is 0.493 e. The topological polar surface area (TPSA) is 47.3 Å². The van der Waals surface area contributed by atoms with Crippen LogP contribution >= 0.6 is 0 Å². The van der Waals surface area contributed by atoms with Crippen molar-refractivity contribution in [1.29, 1.82) is 0 Å². The van der Waals surface area contributed by atoms with E-state index in [0.717, 1.165) is 29.9 Å². The van der Waals surface area contributed by atoms with Crippen LogP contribution in [0.25, 0.3) is 5.57 Å². The van der Waals surface area contributed by atoms with Crippen LogP contribution < -0.4 is 4.74 Å². The highest BCUT2D eigenvalue weighted by Gasteiger charge is 2.22. The second-order valence-corrected chi connectivity index (χ2v) is 4.40. The van der Waals surface area contributed by atoms with Gasteiger partial charge in [0.1, 0.15) is 5.69 Å². The molecule has 1 atom stereocenters. The minimum atomic E-state index is -0.324. The average molecular weight is 222 g/mol. The van der Waals surface area contributed by atoms with Gasteiger partial charge in [0.15, 0.2) is 5.75 Å². The Kier molecular flexibility index (Phi) is 3.01. The molecule has 0 aliphatic heterocycles. The van der Waals surface area contributed by atoms with Crippen LogP contribution in [0.3, 0.4) is 0 Å². The van der Waals surface area contributed by atoms with Gasteiger partial charge in [-0.2, -0.15) is 5.10 Å². The number of nitrogens with zero attached hydrogens (tertiary/aromatic N) is 2. The molecule has 0 radical (unpaired) electrons. The van der Waals surface area contributed by atoms with Gasteiger partial charge in [-0.3, -0.25) is 4.68 Å². The Balaban J connectivity index is 2.44. The third kappa shape index (κ3) is 1.85. The van der Waals surface area contributed by atoms with Crippen molar-refractivity contribution in [2.45, 2.75) is 38.8 Å². The molecule has 4 heteroatoms. The summed E-state index contributed by atoms with van der Waals surface area (Å²) in [6.45, 7) is 4.17. The lowest BCUT2D eigenvalue weighted by molar-refractivity contribution is 0.223. The molecule has 1 aromatic rings. The molecule has 0 aromatic carbocycles. The van der Waals surface area contributed by atoms with E-state index in [4.69, 9.17) is 4.74 Å². The Bertz CT molecular complexity index is 407. The molecule has 0 spiro atoms. The van der Waals surface area contributed by atoms with E-state index >= 15 is 0 Å². The van der Waals surface area contributed by atoms with Gasteiger partial charge in [0.05, 0.1) is 19.4 Å². The van der Waals surface area contributed by atoms with E-state index in [1.54, 1.807) is 13.3 Å². The van der Waals surface area contributed by atoms with E-state index in [-0.39, 0.29) is 12.1 Å². The van der Waals surface area contributed by atoms with Gasteiger partial charge in [-0.05, 0) is 32.3 Å². The predicted octanol–water partition coefficient (Wildman–Crippen LogP) is 2.01. The third-order valence-electron chi connectivity index (χ3n) is 2.88. The molecule has 0 bridgehead atoms. The molecule has 16 heavy (non-hydrogen) atoms. The fourth-order valence-corrected chi connectivity index (χ4v) is 2.09. The van der Waals surface area contributed by atoms with Crippen molar-refractivity contribution >= 4 is 5.57 Å². The van der Waals surface area contributed by atoms with Gasteiger partial charge in [-0.25, -0.2) is 0 Å². The quantitative estimate of drug-likeness (QED) is 0.851. The molecular formula is C12H18N2O2. The second-order valence-electron chi connectivity index (χ2n) is 4.40. The van der Waals surface area contributed by atoms with E-state index in [1.807, 2.05) is 10.8 Å². The maximum atomic E-state index is 9.54. The Morgan fingerprint density at radius 3 is 2.81 bits per heavy atom. The van der Waals surface area contributed by atoms with E-state index in [2.05, 4.69) is 18.9 Å². The maximum Gasteiger partial charge on any atom is 0.164 e. The van der Waals surface area contributed by atoms with Gasteiger partial charge in [0.2, 0.25) is 0 Å². The predicted molar refractivity (Wildman–Crippen MR) is 62.4 cm³/mol. The smallest absolute Gasteiger partial charge is 0.164 e. The van der Waals surface area contributed by atoms with Gasteiger partial charge in [-0.1, -0.05) is 6.08 Å². The molecule has 1 N–H and O–H groups in total. The minimum Gasteiger partial charge on any atom is -0.493 e. The summed E-state index contributed by atoms with van der Waals surface area (Å²) in [5.74, 6) is 0.786. The average Bonchev–Trinajstić information content (AvgIpc) is 2.82. The number of aliphatic hydroxyl groups excluding tert-OH is 1. The second kappa shape index (κ2) is 4.29. The SMILES string of the molecule is COc1cnn(C(C)C)c1C1=CC(O)CC1. The van der Waals surface area contributed by atoms with Crippen LogP contribution in [-0.2, 0) is 0 Å². The van der Waals surface area contributed by atoms with Crippen molar-refractivity contribution in [3.05, 3.63) is 18.0 Å². The summed E-state index contributed by atoms with van der Waals surface area (Å²) in [6, 6.07) is 0.289. The lowest BCUT2D eigenvalue weighted by Gasteiger charge is -2.12. The minimum absolute atomic E-state index is 0.289. The number of rotatable bonds is 3. The van der Waals surface area contributed by atoms with E-state index in [9.17, 15) is 5.11 Å². The monoisotopic (exact) mass is 222 g/mol. The van der Waals surface area contributed by atoms with Crippen LogP contribution in [0.15, 0.2) is 12.3 Å². The summed E-state index contributed by atoms with van der Waals surface area (Å²) in [5.41, 5.74) is 2.14. The highest BCUT2D eigenvalue weighted by Crippen LogP contribution is 2.35. The molecule has 0 amide bonds. The lowest BCUT2D eigenvalue weighted by Crippen LogP contribution is -2.07. The van der Waals surface area contributed by atoms with E-state index in [1.165, 1.54) is 0 Å². The Morgan fingerprint density at radius 1 is 1.56 bits per heavy atom. The molecule has 0 fully saturated rings.